The number of nitrogens with zero attached hydrogens (tertiary/aromatic N) is 2. The van der Waals surface area contributed by atoms with Crippen molar-refractivity contribution in [3.8, 4) is 5.75 Å². The summed E-state index contributed by atoms with van der Waals surface area (Å²) in [6.07, 6.45) is 1.62. The molecule has 4 heteroatoms. The van der Waals surface area contributed by atoms with E-state index in [0.717, 1.165) is 13.1 Å². The van der Waals surface area contributed by atoms with Crippen molar-refractivity contribution in [1.29, 1.82) is 0 Å². The van der Waals surface area contributed by atoms with E-state index in [1.54, 1.807) is 25.4 Å². The van der Waals surface area contributed by atoms with Gasteiger partial charge < -0.3 is 4.74 Å². The van der Waals surface area contributed by atoms with Gasteiger partial charge >= 0.3 is 0 Å². The lowest BCUT2D eigenvalue weighted by atomic mass is 9.93. The highest BCUT2D eigenvalue weighted by Crippen LogP contribution is 2.24. The number of hydrogen-bond acceptors (Lipinski definition) is 4. The van der Waals surface area contributed by atoms with Crippen LogP contribution < -0.4 is 4.74 Å². The van der Waals surface area contributed by atoms with E-state index in [4.69, 9.17) is 4.74 Å². The van der Waals surface area contributed by atoms with Crippen molar-refractivity contribution in [2.45, 2.75) is 33.2 Å². The molecule has 0 radical (unpaired) electrons. The first-order valence-electron chi connectivity index (χ1n) is 6.27. The van der Waals surface area contributed by atoms with Gasteiger partial charge in [0, 0.05) is 6.20 Å². The number of carbonyl (C=O) groups excluding carboxylic acids is 1. The molecule has 0 aliphatic rings. The molecule has 0 aromatic carbocycles. The van der Waals surface area contributed by atoms with Crippen LogP contribution in [0.1, 0.15) is 38.2 Å². The summed E-state index contributed by atoms with van der Waals surface area (Å²) in [7, 11) is 1.55. The van der Waals surface area contributed by atoms with Crippen molar-refractivity contribution >= 4 is 5.78 Å². The van der Waals surface area contributed by atoms with Gasteiger partial charge in [-0.3, -0.25) is 9.69 Å². The lowest BCUT2D eigenvalue weighted by Crippen LogP contribution is -2.50. The minimum atomic E-state index is -0.578. The summed E-state index contributed by atoms with van der Waals surface area (Å²) >= 11 is 0. The first-order valence-corrected chi connectivity index (χ1v) is 6.27. The Hall–Kier alpha value is -1.42. The third-order valence-corrected chi connectivity index (χ3v) is 3.32. The Balaban J connectivity index is 3.13. The molecule has 18 heavy (non-hydrogen) atoms. The Labute approximate surface area is 109 Å². The number of pyridine rings is 1. The monoisotopic (exact) mass is 250 g/mol. The zero-order chi connectivity index (χ0) is 13.8. The molecule has 1 aromatic heterocycles. The van der Waals surface area contributed by atoms with Gasteiger partial charge in [0.2, 0.25) is 5.78 Å². The van der Waals surface area contributed by atoms with Crippen molar-refractivity contribution < 1.29 is 9.53 Å². The predicted molar refractivity (Wildman–Crippen MR) is 72.1 cm³/mol. The molecule has 0 spiro atoms. The van der Waals surface area contributed by atoms with Gasteiger partial charge in [-0.15, -0.1) is 0 Å². The lowest BCUT2D eigenvalue weighted by molar-refractivity contribution is 0.0660. The Kier molecular flexibility index (Phi) is 4.84. The molecule has 0 fully saturated rings. The van der Waals surface area contributed by atoms with E-state index < -0.39 is 5.54 Å². The van der Waals surface area contributed by atoms with Crippen LogP contribution in [0.15, 0.2) is 18.3 Å². The molecular formula is C14H22N2O2. The van der Waals surface area contributed by atoms with E-state index in [-0.39, 0.29) is 5.78 Å². The average molecular weight is 250 g/mol. The maximum absolute atomic E-state index is 12.6. The highest BCUT2D eigenvalue weighted by atomic mass is 16.5. The number of carbonyl (C=O) groups is 1. The number of hydrogen-bond donors (Lipinski definition) is 0. The number of aromatic nitrogens is 1. The molecular weight excluding hydrogens is 228 g/mol. The van der Waals surface area contributed by atoms with Crippen molar-refractivity contribution in [3.05, 3.63) is 24.0 Å². The normalized spacial score (nSPS) is 11.7. The SMILES string of the molecule is CCN(CC)C(C)(C)C(=O)c1ncccc1OC. The summed E-state index contributed by atoms with van der Waals surface area (Å²) in [5.74, 6) is 0.520. The molecule has 1 heterocycles. The van der Waals surface area contributed by atoms with Crippen LogP contribution in [0.25, 0.3) is 0 Å². The van der Waals surface area contributed by atoms with Gasteiger partial charge in [-0.1, -0.05) is 13.8 Å². The molecule has 0 unspecified atom stereocenters. The topological polar surface area (TPSA) is 42.4 Å². The molecule has 1 rings (SSSR count). The third kappa shape index (κ3) is 2.70. The van der Waals surface area contributed by atoms with Gasteiger partial charge in [0.1, 0.15) is 11.4 Å². The van der Waals surface area contributed by atoms with Gasteiger partial charge in [-0.2, -0.15) is 0 Å². The number of methoxy groups -OCH3 is 1. The number of Topliss-reactive ketones (excluding diaryl/α,β-unsaturated/α-hetero) is 1. The number of ether oxygens (including phenoxy) is 1. The lowest BCUT2D eigenvalue weighted by Gasteiger charge is -2.35. The van der Waals surface area contributed by atoms with Crippen LogP contribution >= 0.6 is 0 Å². The highest BCUT2D eigenvalue weighted by molar-refractivity contribution is 6.03. The van der Waals surface area contributed by atoms with Crippen LogP contribution in [0.5, 0.6) is 5.75 Å². The highest BCUT2D eigenvalue weighted by Gasteiger charge is 2.35. The predicted octanol–water partition coefficient (Wildman–Crippen LogP) is 2.39. The average Bonchev–Trinajstić information content (AvgIpc) is 2.38. The van der Waals surface area contributed by atoms with Gasteiger partial charge in [0.05, 0.1) is 12.6 Å². The first-order chi connectivity index (χ1) is 8.48. The third-order valence-electron chi connectivity index (χ3n) is 3.32. The second-order valence-corrected chi connectivity index (χ2v) is 4.61. The van der Waals surface area contributed by atoms with Crippen LogP contribution in [-0.2, 0) is 0 Å². The van der Waals surface area contributed by atoms with Crippen molar-refractivity contribution in [1.82, 2.24) is 9.88 Å². The van der Waals surface area contributed by atoms with Crippen LogP contribution in [-0.4, -0.2) is 41.4 Å². The zero-order valence-corrected chi connectivity index (χ0v) is 11.9. The van der Waals surface area contributed by atoms with E-state index in [2.05, 4.69) is 9.88 Å². The molecule has 0 saturated carbocycles. The van der Waals surface area contributed by atoms with Crippen molar-refractivity contribution in [2.75, 3.05) is 20.2 Å². The van der Waals surface area contributed by atoms with E-state index in [1.165, 1.54) is 0 Å². The summed E-state index contributed by atoms with van der Waals surface area (Å²) in [5.41, 5.74) is -0.178. The molecule has 4 nitrogen and oxygen atoms in total. The van der Waals surface area contributed by atoms with E-state index in [9.17, 15) is 4.79 Å². The second-order valence-electron chi connectivity index (χ2n) is 4.61. The Bertz CT molecular complexity index is 412. The van der Waals surface area contributed by atoms with Gasteiger partial charge in [0.15, 0.2) is 0 Å². The fourth-order valence-electron chi connectivity index (χ4n) is 2.17. The van der Waals surface area contributed by atoms with Crippen LogP contribution in [0, 0.1) is 0 Å². The Morgan fingerprint density at radius 2 is 2.00 bits per heavy atom. The molecule has 100 valence electrons. The smallest absolute Gasteiger partial charge is 0.204 e. The maximum Gasteiger partial charge on any atom is 0.204 e. The minimum Gasteiger partial charge on any atom is -0.494 e. The van der Waals surface area contributed by atoms with Crippen LogP contribution in [0.3, 0.4) is 0 Å². The van der Waals surface area contributed by atoms with Gasteiger partial charge in [-0.05, 0) is 39.1 Å². The summed E-state index contributed by atoms with van der Waals surface area (Å²) in [5, 5.41) is 0. The fourth-order valence-corrected chi connectivity index (χ4v) is 2.17. The van der Waals surface area contributed by atoms with E-state index in [0.29, 0.717) is 11.4 Å². The van der Waals surface area contributed by atoms with Crippen molar-refractivity contribution in [3.63, 3.8) is 0 Å². The summed E-state index contributed by atoms with van der Waals surface area (Å²) < 4.78 is 5.21. The number of likely N-dealkylation sites (N-methyl/N-ethyl adjacent to an activating group) is 1. The van der Waals surface area contributed by atoms with E-state index in [1.807, 2.05) is 27.7 Å². The Morgan fingerprint density at radius 1 is 1.39 bits per heavy atom. The quantitative estimate of drug-likeness (QED) is 0.727. The summed E-state index contributed by atoms with van der Waals surface area (Å²) in [4.78, 5) is 18.9. The standard InChI is InChI=1S/C14H22N2O2/c1-6-16(7-2)14(3,4)13(17)12-11(18-5)9-8-10-15-12/h8-10H,6-7H2,1-5H3. The maximum atomic E-state index is 12.6. The molecule has 0 amide bonds. The zero-order valence-electron chi connectivity index (χ0n) is 11.9. The first kappa shape index (κ1) is 14.6. The van der Waals surface area contributed by atoms with Crippen LogP contribution in [0.4, 0.5) is 0 Å². The summed E-state index contributed by atoms with van der Waals surface area (Å²) in [6.45, 7) is 9.60. The van der Waals surface area contributed by atoms with E-state index >= 15 is 0 Å². The summed E-state index contributed by atoms with van der Waals surface area (Å²) in [6, 6.07) is 3.53. The largest absolute Gasteiger partial charge is 0.494 e. The second kappa shape index (κ2) is 5.96. The molecule has 0 saturated heterocycles. The van der Waals surface area contributed by atoms with Gasteiger partial charge in [0.25, 0.3) is 0 Å². The fraction of sp³-hybridized carbons (Fsp3) is 0.571. The molecule has 0 aliphatic heterocycles. The molecule has 0 N–H and O–H groups in total. The number of rotatable bonds is 6. The molecule has 0 bridgehead atoms. The van der Waals surface area contributed by atoms with Gasteiger partial charge in [-0.25, -0.2) is 4.98 Å². The molecule has 1 aromatic rings. The van der Waals surface area contributed by atoms with Crippen LogP contribution in [0.2, 0.25) is 0 Å². The van der Waals surface area contributed by atoms with Crippen molar-refractivity contribution in [2.24, 2.45) is 0 Å². The molecule has 0 aliphatic carbocycles. The number of ketones is 1. The Morgan fingerprint density at radius 3 is 2.50 bits per heavy atom. The minimum absolute atomic E-state index is 0.0105. The molecule has 0 atom stereocenters.